The number of ether oxygens (including phenoxy) is 1. The molecule has 94 valence electrons. The molecule has 0 unspecified atom stereocenters. The second-order valence-corrected chi connectivity index (χ2v) is 4.63. The van der Waals surface area contributed by atoms with Crippen LogP contribution in [0, 0.1) is 5.41 Å². The normalized spacial score (nSPS) is 17.9. The Bertz CT molecular complexity index is 215. The van der Waals surface area contributed by atoms with Crippen LogP contribution in [0.15, 0.2) is 0 Å². The van der Waals surface area contributed by atoms with E-state index in [0.717, 1.165) is 38.6 Å². The minimum absolute atomic E-state index is 0.126. The molecule has 1 aliphatic rings. The van der Waals surface area contributed by atoms with Crippen molar-refractivity contribution in [3.8, 4) is 0 Å². The van der Waals surface area contributed by atoms with Gasteiger partial charge in [-0.2, -0.15) is 0 Å². The van der Waals surface area contributed by atoms with Crippen molar-refractivity contribution in [3.05, 3.63) is 0 Å². The van der Waals surface area contributed by atoms with E-state index in [4.69, 9.17) is 10.5 Å². The number of hydrogen-bond donors (Lipinski definition) is 2. The molecule has 0 bridgehead atoms. The Balaban J connectivity index is 2.26. The van der Waals surface area contributed by atoms with Crippen LogP contribution in [0.3, 0.4) is 0 Å². The van der Waals surface area contributed by atoms with Crippen LogP contribution in [0.2, 0.25) is 0 Å². The molecule has 0 aliphatic heterocycles. The molecule has 0 aromatic rings. The van der Waals surface area contributed by atoms with Gasteiger partial charge in [0.15, 0.2) is 0 Å². The zero-order chi connectivity index (χ0) is 11.9. The molecule has 1 aliphatic carbocycles. The van der Waals surface area contributed by atoms with Crippen molar-refractivity contribution in [1.29, 1.82) is 0 Å². The van der Waals surface area contributed by atoms with Gasteiger partial charge >= 0.3 is 0 Å². The number of nitrogens with two attached hydrogens (primary N) is 1. The SMILES string of the molecule is COCCC1(C(=O)NCCCCN)CCC1. The van der Waals surface area contributed by atoms with Crippen LogP contribution in [-0.4, -0.2) is 32.7 Å². The van der Waals surface area contributed by atoms with E-state index in [0.29, 0.717) is 13.2 Å². The Morgan fingerprint density at radius 2 is 2.19 bits per heavy atom. The first-order chi connectivity index (χ1) is 7.75. The summed E-state index contributed by atoms with van der Waals surface area (Å²) in [6.07, 6.45) is 6.00. The molecule has 0 atom stereocenters. The van der Waals surface area contributed by atoms with E-state index in [-0.39, 0.29) is 11.3 Å². The Morgan fingerprint density at radius 3 is 2.69 bits per heavy atom. The molecule has 0 saturated heterocycles. The van der Waals surface area contributed by atoms with Crippen LogP contribution in [0.1, 0.15) is 38.5 Å². The van der Waals surface area contributed by atoms with E-state index in [1.54, 1.807) is 7.11 Å². The second-order valence-electron chi connectivity index (χ2n) is 4.63. The molecule has 1 saturated carbocycles. The molecule has 4 nitrogen and oxygen atoms in total. The summed E-state index contributed by atoms with van der Waals surface area (Å²) in [6.45, 7) is 2.13. The third-order valence-electron chi connectivity index (χ3n) is 3.49. The van der Waals surface area contributed by atoms with Crippen LogP contribution in [0.5, 0.6) is 0 Å². The molecule has 1 fully saturated rings. The molecule has 0 aromatic heterocycles. The summed E-state index contributed by atoms with van der Waals surface area (Å²) in [4.78, 5) is 12.0. The molecule has 1 amide bonds. The van der Waals surface area contributed by atoms with Crippen molar-refractivity contribution in [3.63, 3.8) is 0 Å². The fourth-order valence-electron chi connectivity index (χ4n) is 2.15. The van der Waals surface area contributed by atoms with Gasteiger partial charge in [0.05, 0.1) is 5.41 Å². The Labute approximate surface area is 97.9 Å². The molecular weight excluding hydrogens is 204 g/mol. The molecular formula is C12H24N2O2. The molecule has 1 rings (SSSR count). The number of carbonyl (C=O) groups is 1. The predicted molar refractivity (Wildman–Crippen MR) is 64.1 cm³/mol. The van der Waals surface area contributed by atoms with Crippen molar-refractivity contribution >= 4 is 5.91 Å². The van der Waals surface area contributed by atoms with Gasteiger partial charge in [0, 0.05) is 20.3 Å². The Morgan fingerprint density at radius 1 is 1.44 bits per heavy atom. The molecule has 0 heterocycles. The van der Waals surface area contributed by atoms with Gasteiger partial charge in [-0.05, 0) is 38.6 Å². The van der Waals surface area contributed by atoms with Gasteiger partial charge < -0.3 is 15.8 Å². The zero-order valence-corrected chi connectivity index (χ0v) is 10.3. The second kappa shape index (κ2) is 6.86. The van der Waals surface area contributed by atoms with Gasteiger partial charge in [-0.1, -0.05) is 6.42 Å². The lowest BCUT2D eigenvalue weighted by atomic mass is 9.66. The van der Waals surface area contributed by atoms with E-state index >= 15 is 0 Å². The summed E-state index contributed by atoms with van der Waals surface area (Å²) in [7, 11) is 1.69. The van der Waals surface area contributed by atoms with E-state index in [1.165, 1.54) is 6.42 Å². The lowest BCUT2D eigenvalue weighted by Gasteiger charge is -2.40. The first-order valence-electron chi connectivity index (χ1n) is 6.22. The van der Waals surface area contributed by atoms with E-state index in [1.807, 2.05) is 0 Å². The number of hydrogen-bond acceptors (Lipinski definition) is 3. The van der Waals surface area contributed by atoms with Crippen molar-refractivity contribution < 1.29 is 9.53 Å². The highest BCUT2D eigenvalue weighted by Gasteiger charge is 2.43. The maximum Gasteiger partial charge on any atom is 0.226 e. The number of carbonyl (C=O) groups excluding carboxylic acids is 1. The quantitative estimate of drug-likeness (QED) is 0.610. The van der Waals surface area contributed by atoms with Gasteiger partial charge in [0.2, 0.25) is 5.91 Å². The maximum absolute atomic E-state index is 12.0. The molecule has 4 heteroatoms. The molecule has 0 spiro atoms. The highest BCUT2D eigenvalue weighted by Crippen LogP contribution is 2.44. The van der Waals surface area contributed by atoms with Gasteiger partial charge in [-0.3, -0.25) is 4.79 Å². The molecule has 16 heavy (non-hydrogen) atoms. The summed E-state index contributed by atoms with van der Waals surface area (Å²) in [5.74, 6) is 0.216. The third kappa shape index (κ3) is 3.46. The highest BCUT2D eigenvalue weighted by atomic mass is 16.5. The number of amides is 1. The Kier molecular flexibility index (Phi) is 5.77. The van der Waals surface area contributed by atoms with Crippen LogP contribution in [-0.2, 0) is 9.53 Å². The summed E-state index contributed by atoms with van der Waals surface area (Å²) >= 11 is 0. The van der Waals surface area contributed by atoms with E-state index in [9.17, 15) is 4.79 Å². The fraction of sp³-hybridized carbons (Fsp3) is 0.917. The van der Waals surface area contributed by atoms with Crippen molar-refractivity contribution in [2.45, 2.75) is 38.5 Å². The van der Waals surface area contributed by atoms with Crippen LogP contribution >= 0.6 is 0 Å². The fourth-order valence-corrected chi connectivity index (χ4v) is 2.15. The van der Waals surface area contributed by atoms with Gasteiger partial charge in [-0.15, -0.1) is 0 Å². The van der Waals surface area contributed by atoms with Crippen molar-refractivity contribution in [2.75, 3.05) is 26.8 Å². The van der Waals surface area contributed by atoms with Gasteiger partial charge in [0.25, 0.3) is 0 Å². The summed E-state index contributed by atoms with van der Waals surface area (Å²) in [5, 5.41) is 3.02. The highest BCUT2D eigenvalue weighted by molar-refractivity contribution is 5.83. The summed E-state index contributed by atoms with van der Waals surface area (Å²) < 4.78 is 5.07. The van der Waals surface area contributed by atoms with Crippen molar-refractivity contribution in [1.82, 2.24) is 5.32 Å². The maximum atomic E-state index is 12.0. The van der Waals surface area contributed by atoms with E-state index < -0.39 is 0 Å². The summed E-state index contributed by atoms with van der Waals surface area (Å²) in [5.41, 5.74) is 5.28. The average molecular weight is 228 g/mol. The summed E-state index contributed by atoms with van der Waals surface area (Å²) in [6, 6.07) is 0. The smallest absolute Gasteiger partial charge is 0.226 e. The minimum atomic E-state index is -0.126. The Hall–Kier alpha value is -0.610. The minimum Gasteiger partial charge on any atom is -0.385 e. The largest absolute Gasteiger partial charge is 0.385 e. The standard InChI is InChI=1S/C12H24N2O2/c1-16-10-7-12(5-4-6-12)11(15)14-9-3-2-8-13/h2-10,13H2,1H3,(H,14,15). The van der Waals surface area contributed by atoms with Crippen LogP contribution in [0.4, 0.5) is 0 Å². The van der Waals surface area contributed by atoms with Crippen LogP contribution < -0.4 is 11.1 Å². The topological polar surface area (TPSA) is 64.3 Å². The molecule has 0 radical (unpaired) electrons. The number of rotatable bonds is 8. The van der Waals surface area contributed by atoms with E-state index in [2.05, 4.69) is 5.32 Å². The third-order valence-corrected chi connectivity index (χ3v) is 3.49. The first-order valence-corrected chi connectivity index (χ1v) is 6.22. The lowest BCUT2D eigenvalue weighted by molar-refractivity contribution is -0.137. The number of unbranched alkanes of at least 4 members (excludes halogenated alkanes) is 1. The monoisotopic (exact) mass is 228 g/mol. The molecule has 0 aromatic carbocycles. The average Bonchev–Trinajstić information content (AvgIpc) is 2.23. The van der Waals surface area contributed by atoms with Gasteiger partial charge in [0.1, 0.15) is 0 Å². The van der Waals surface area contributed by atoms with Crippen LogP contribution in [0.25, 0.3) is 0 Å². The van der Waals surface area contributed by atoms with Crippen molar-refractivity contribution in [2.24, 2.45) is 11.1 Å². The number of methoxy groups -OCH3 is 1. The number of nitrogens with one attached hydrogen (secondary N) is 1. The zero-order valence-electron chi connectivity index (χ0n) is 10.3. The lowest BCUT2D eigenvalue weighted by Crippen LogP contribution is -2.46. The predicted octanol–water partition coefficient (Wildman–Crippen LogP) is 1.05. The first kappa shape index (κ1) is 13.5. The van der Waals surface area contributed by atoms with Gasteiger partial charge in [-0.25, -0.2) is 0 Å². The molecule has 3 N–H and O–H groups in total.